The molecule has 0 spiro atoms. The van der Waals surface area contributed by atoms with E-state index < -0.39 is 0 Å². The smallest absolute Gasteiger partial charge is 0.221 e. The molecule has 0 aliphatic rings. The van der Waals surface area contributed by atoms with E-state index in [0.29, 0.717) is 0 Å². The highest BCUT2D eigenvalue weighted by Gasteiger charge is 2.16. The number of fused-ring (bicyclic) bond motifs is 2. The van der Waals surface area contributed by atoms with Crippen molar-refractivity contribution in [2.75, 3.05) is 5.32 Å². The van der Waals surface area contributed by atoms with E-state index in [9.17, 15) is 4.79 Å². The summed E-state index contributed by atoms with van der Waals surface area (Å²) in [6.45, 7) is 1.55. The molecule has 4 aromatic rings. The summed E-state index contributed by atoms with van der Waals surface area (Å²) in [6.07, 6.45) is 0. The highest BCUT2D eigenvalue weighted by molar-refractivity contribution is 14.1. The lowest BCUT2D eigenvalue weighted by Gasteiger charge is -2.17. The number of amides is 1. The fourth-order valence-corrected chi connectivity index (χ4v) is 4.07. The molecule has 0 saturated carbocycles. The lowest BCUT2D eigenvalue weighted by Crippen LogP contribution is -2.07. The van der Waals surface area contributed by atoms with E-state index in [4.69, 9.17) is 0 Å². The number of rotatable bonds is 2. The van der Waals surface area contributed by atoms with Crippen molar-refractivity contribution in [3.8, 4) is 11.1 Å². The second kappa shape index (κ2) is 6.48. The van der Waals surface area contributed by atoms with Crippen molar-refractivity contribution in [2.24, 2.45) is 0 Å². The SMILES string of the molecule is CC(=O)Nc1ccc2ccccc2c1-c1c(I)ccc2ccccc12. The first-order chi connectivity index (χ1) is 12.1. The van der Waals surface area contributed by atoms with Crippen LogP contribution in [0.3, 0.4) is 0 Å². The molecule has 0 bridgehead atoms. The summed E-state index contributed by atoms with van der Waals surface area (Å²) < 4.78 is 1.17. The van der Waals surface area contributed by atoms with Gasteiger partial charge in [-0.2, -0.15) is 0 Å². The maximum Gasteiger partial charge on any atom is 0.221 e. The van der Waals surface area contributed by atoms with E-state index in [-0.39, 0.29) is 5.91 Å². The predicted octanol–water partition coefficient (Wildman–Crippen LogP) is 6.22. The van der Waals surface area contributed by atoms with Crippen LogP contribution in [-0.2, 0) is 4.79 Å². The molecular formula is C22H16INO. The first kappa shape index (κ1) is 16.1. The number of hydrogen-bond acceptors (Lipinski definition) is 1. The average Bonchev–Trinajstić information content (AvgIpc) is 2.62. The molecule has 0 aromatic heterocycles. The number of carbonyl (C=O) groups excluding carboxylic acids is 1. The number of halogens is 1. The van der Waals surface area contributed by atoms with Gasteiger partial charge in [0, 0.05) is 27.3 Å². The van der Waals surface area contributed by atoms with Gasteiger partial charge in [-0.15, -0.1) is 0 Å². The number of hydrogen-bond donors (Lipinski definition) is 1. The van der Waals surface area contributed by atoms with Crippen LogP contribution in [0.2, 0.25) is 0 Å². The lowest BCUT2D eigenvalue weighted by molar-refractivity contribution is -0.114. The quantitative estimate of drug-likeness (QED) is 0.371. The van der Waals surface area contributed by atoms with Gasteiger partial charge in [0.2, 0.25) is 5.91 Å². The second-order valence-corrected chi connectivity index (χ2v) is 7.20. The molecule has 1 amide bonds. The van der Waals surface area contributed by atoms with Crippen molar-refractivity contribution in [3.63, 3.8) is 0 Å². The fraction of sp³-hybridized carbons (Fsp3) is 0.0455. The summed E-state index contributed by atoms with van der Waals surface area (Å²) in [6, 6.07) is 25.0. The third kappa shape index (κ3) is 2.89. The molecule has 3 heteroatoms. The van der Waals surface area contributed by atoms with E-state index in [1.165, 1.54) is 19.9 Å². The van der Waals surface area contributed by atoms with Gasteiger partial charge in [-0.25, -0.2) is 0 Å². The van der Waals surface area contributed by atoms with E-state index in [1.54, 1.807) is 6.92 Å². The molecule has 0 heterocycles. The van der Waals surface area contributed by atoms with Gasteiger partial charge in [-0.1, -0.05) is 60.7 Å². The summed E-state index contributed by atoms with van der Waals surface area (Å²) in [5, 5.41) is 7.70. The van der Waals surface area contributed by atoms with Crippen LogP contribution in [0.25, 0.3) is 32.7 Å². The molecule has 0 atom stereocenters. The second-order valence-electron chi connectivity index (χ2n) is 6.03. The van der Waals surface area contributed by atoms with Crippen molar-refractivity contribution in [2.45, 2.75) is 6.92 Å². The third-order valence-electron chi connectivity index (χ3n) is 4.37. The van der Waals surface area contributed by atoms with E-state index in [0.717, 1.165) is 22.0 Å². The molecule has 25 heavy (non-hydrogen) atoms. The number of carbonyl (C=O) groups is 1. The highest BCUT2D eigenvalue weighted by atomic mass is 127. The van der Waals surface area contributed by atoms with Gasteiger partial charge in [-0.3, -0.25) is 4.79 Å². The highest BCUT2D eigenvalue weighted by Crippen LogP contribution is 2.41. The molecule has 0 fully saturated rings. The van der Waals surface area contributed by atoms with Gasteiger partial charge in [0.05, 0.1) is 0 Å². The Balaban J connectivity index is 2.16. The summed E-state index contributed by atoms with van der Waals surface area (Å²) >= 11 is 2.38. The zero-order chi connectivity index (χ0) is 17.4. The molecule has 0 saturated heterocycles. The topological polar surface area (TPSA) is 29.1 Å². The van der Waals surface area contributed by atoms with Gasteiger partial charge < -0.3 is 5.32 Å². The van der Waals surface area contributed by atoms with Crippen molar-refractivity contribution in [1.29, 1.82) is 0 Å². The first-order valence-electron chi connectivity index (χ1n) is 8.12. The molecule has 0 aliphatic heterocycles. The van der Waals surface area contributed by atoms with Gasteiger partial charge in [-0.05, 0) is 56.3 Å². The van der Waals surface area contributed by atoms with Crippen LogP contribution >= 0.6 is 22.6 Å². The van der Waals surface area contributed by atoms with Crippen LogP contribution in [0.1, 0.15) is 6.92 Å². The van der Waals surface area contributed by atoms with Gasteiger partial charge in [0.15, 0.2) is 0 Å². The minimum Gasteiger partial charge on any atom is -0.326 e. The van der Waals surface area contributed by atoms with Gasteiger partial charge >= 0.3 is 0 Å². The Hall–Kier alpha value is -2.40. The summed E-state index contributed by atoms with van der Waals surface area (Å²) in [4.78, 5) is 11.8. The van der Waals surface area contributed by atoms with Crippen LogP contribution in [0.15, 0.2) is 72.8 Å². The zero-order valence-electron chi connectivity index (χ0n) is 13.7. The largest absolute Gasteiger partial charge is 0.326 e. The molecule has 4 aromatic carbocycles. The standard InChI is InChI=1S/C22H16INO/c1-14(25)24-20-13-11-16-7-3-5-9-18(16)22(20)21-17-8-4-2-6-15(17)10-12-19(21)23/h2-13H,1H3,(H,24,25). The molecule has 0 aliphatic carbocycles. The Bertz CT molecular complexity index is 1120. The third-order valence-corrected chi connectivity index (χ3v) is 5.27. The van der Waals surface area contributed by atoms with Gasteiger partial charge in [0.1, 0.15) is 0 Å². The number of anilines is 1. The van der Waals surface area contributed by atoms with Crippen molar-refractivity contribution >= 4 is 55.7 Å². The maximum atomic E-state index is 11.8. The van der Waals surface area contributed by atoms with Crippen LogP contribution in [0.5, 0.6) is 0 Å². The van der Waals surface area contributed by atoms with E-state index in [1.807, 2.05) is 18.2 Å². The van der Waals surface area contributed by atoms with Crippen LogP contribution in [0.4, 0.5) is 5.69 Å². The molecule has 0 radical (unpaired) electrons. The Labute approximate surface area is 160 Å². The predicted molar refractivity (Wildman–Crippen MR) is 114 cm³/mol. The van der Waals surface area contributed by atoms with Crippen LogP contribution < -0.4 is 5.32 Å². The molecule has 0 unspecified atom stereocenters. The normalized spacial score (nSPS) is 11.0. The summed E-state index contributed by atoms with van der Waals surface area (Å²) in [7, 11) is 0. The minimum atomic E-state index is -0.0632. The molecular weight excluding hydrogens is 421 g/mol. The molecule has 4 rings (SSSR count). The Kier molecular flexibility index (Phi) is 4.17. The summed E-state index contributed by atoms with van der Waals surface area (Å²) in [5.41, 5.74) is 3.09. The maximum absolute atomic E-state index is 11.8. The van der Waals surface area contributed by atoms with Crippen molar-refractivity contribution in [1.82, 2.24) is 0 Å². The van der Waals surface area contributed by atoms with Crippen molar-refractivity contribution < 1.29 is 4.79 Å². The molecule has 122 valence electrons. The fourth-order valence-electron chi connectivity index (χ4n) is 3.33. The molecule has 2 nitrogen and oxygen atoms in total. The van der Waals surface area contributed by atoms with Crippen LogP contribution in [-0.4, -0.2) is 5.91 Å². The average molecular weight is 437 g/mol. The monoisotopic (exact) mass is 437 g/mol. The van der Waals surface area contributed by atoms with Crippen molar-refractivity contribution in [3.05, 3.63) is 76.4 Å². The zero-order valence-corrected chi connectivity index (χ0v) is 15.9. The Morgan fingerprint density at radius 2 is 1.32 bits per heavy atom. The van der Waals surface area contributed by atoms with E-state index in [2.05, 4.69) is 82.5 Å². The number of benzene rings is 4. The molecule has 1 N–H and O–H groups in total. The van der Waals surface area contributed by atoms with E-state index >= 15 is 0 Å². The Morgan fingerprint density at radius 1 is 0.760 bits per heavy atom. The van der Waals surface area contributed by atoms with Crippen LogP contribution in [0, 0.1) is 3.57 Å². The lowest BCUT2D eigenvalue weighted by atomic mass is 9.92. The number of nitrogens with one attached hydrogen (secondary N) is 1. The Morgan fingerprint density at radius 3 is 1.96 bits per heavy atom. The van der Waals surface area contributed by atoms with Gasteiger partial charge in [0.25, 0.3) is 0 Å². The minimum absolute atomic E-state index is 0.0632. The summed E-state index contributed by atoms with van der Waals surface area (Å²) in [5.74, 6) is -0.0632. The first-order valence-corrected chi connectivity index (χ1v) is 9.20.